The Morgan fingerprint density at radius 2 is 1.50 bits per heavy atom. The molecule has 6 aromatic rings. The molecule has 261 valence electrons. The van der Waals surface area contributed by atoms with E-state index in [1.807, 2.05) is 18.2 Å². The predicted octanol–water partition coefficient (Wildman–Crippen LogP) is 5.32. The van der Waals surface area contributed by atoms with Crippen molar-refractivity contribution in [3.05, 3.63) is 135 Å². The summed E-state index contributed by atoms with van der Waals surface area (Å²) >= 11 is 0. The standard InChI is InChI=1S/C17H14N4O3.C16H12N4O6S.Cr/c1-11-15(16(22)21(20-11)12-7-3-2-4-8-12)19-18-14-10-6-5-9-13(14)17(23)24;17-12-6-5-10-11(2-1-3-15(10)27(24,25)26)16(12)19-18-13-7-4-9(20(22)23)8-14(13)21;/h2-10,20H,1H3,(H,23,24);1-8,21H,17H2,(H,24,25,26);/q;;+3/p-2. The molecular weight excluding hydrogens is 736 g/mol. The maximum atomic E-state index is 12.5. The van der Waals surface area contributed by atoms with E-state index in [1.165, 1.54) is 47.1 Å². The number of para-hydroxylation sites is 1. The summed E-state index contributed by atoms with van der Waals surface area (Å²) in [5, 5.41) is 52.6. The minimum Gasteiger partial charge on any atom is -0.871 e. The molecule has 5 aromatic carbocycles. The molecule has 0 saturated heterocycles. The second kappa shape index (κ2) is 16.0. The number of benzene rings is 5. The zero-order chi connectivity index (χ0) is 36.9. The number of carbonyl (C=O) groups is 1. The van der Waals surface area contributed by atoms with Crippen molar-refractivity contribution in [2.45, 2.75) is 11.8 Å². The van der Waals surface area contributed by atoms with E-state index in [4.69, 9.17) is 5.73 Å². The summed E-state index contributed by atoms with van der Waals surface area (Å²) in [6.45, 7) is 1.69. The van der Waals surface area contributed by atoms with Crippen molar-refractivity contribution in [1.82, 2.24) is 9.78 Å². The van der Waals surface area contributed by atoms with Crippen LogP contribution in [-0.2, 0) is 27.5 Å². The number of aromatic amines is 1. The smallest absolute Gasteiger partial charge is 0.871 e. The first-order chi connectivity index (χ1) is 24.3. The normalized spacial score (nSPS) is 11.3. The molecule has 1 radical (unpaired) electrons. The Hall–Kier alpha value is -6.52. The van der Waals surface area contributed by atoms with Crippen molar-refractivity contribution in [2.75, 3.05) is 5.73 Å². The summed E-state index contributed by atoms with van der Waals surface area (Å²) < 4.78 is 33.8. The monoisotopic (exact) mass is 760 g/mol. The molecular formula is C33H24CrN8O9S+. The van der Waals surface area contributed by atoms with E-state index >= 15 is 0 Å². The number of nitrogens with zero attached hydrogens (tertiary/aromatic N) is 6. The number of nitrogens with two attached hydrogens (primary N) is 1. The number of aromatic nitrogens is 2. The molecule has 6 rings (SSSR count). The molecule has 0 amide bonds. The van der Waals surface area contributed by atoms with Crippen LogP contribution >= 0.6 is 0 Å². The maximum absolute atomic E-state index is 12.5. The van der Waals surface area contributed by atoms with Crippen molar-refractivity contribution in [1.29, 1.82) is 0 Å². The van der Waals surface area contributed by atoms with E-state index in [0.29, 0.717) is 16.8 Å². The Labute approximate surface area is 304 Å². The minimum atomic E-state index is -4.47. The van der Waals surface area contributed by atoms with Gasteiger partial charge in [-0.2, -0.15) is 13.5 Å². The van der Waals surface area contributed by atoms with Gasteiger partial charge in [0.05, 0.1) is 39.3 Å². The largest absolute Gasteiger partial charge is 3.00 e. The van der Waals surface area contributed by atoms with E-state index in [-0.39, 0.29) is 72.9 Å². The molecule has 4 N–H and O–H groups in total. The van der Waals surface area contributed by atoms with Crippen LogP contribution in [0.2, 0.25) is 0 Å². The number of carboxylic acids is 1. The summed E-state index contributed by atoms with van der Waals surface area (Å²) in [6, 6.07) is 25.1. The fourth-order valence-electron chi connectivity index (χ4n) is 4.72. The number of hydrogen-bond acceptors (Lipinski definition) is 13. The van der Waals surface area contributed by atoms with Gasteiger partial charge in [0, 0.05) is 28.5 Å². The molecule has 52 heavy (non-hydrogen) atoms. The summed E-state index contributed by atoms with van der Waals surface area (Å²) in [4.78, 5) is 33.2. The molecule has 0 bridgehead atoms. The fourth-order valence-corrected chi connectivity index (χ4v) is 5.43. The Morgan fingerprint density at radius 1 is 0.846 bits per heavy atom. The predicted molar refractivity (Wildman–Crippen MR) is 181 cm³/mol. The number of rotatable bonds is 8. The van der Waals surface area contributed by atoms with Gasteiger partial charge in [0.15, 0.2) is 5.69 Å². The van der Waals surface area contributed by atoms with Crippen LogP contribution in [0.1, 0.15) is 16.1 Å². The number of non-ortho nitro benzene ring substituents is 1. The van der Waals surface area contributed by atoms with Gasteiger partial charge in [-0.3, -0.25) is 24.6 Å². The zero-order valence-electron chi connectivity index (χ0n) is 26.6. The number of carboxylic acid groups (broad SMARTS) is 1. The van der Waals surface area contributed by atoms with Crippen LogP contribution in [0.15, 0.2) is 133 Å². The number of azo groups is 2. The quantitative estimate of drug-likeness (QED) is 0.0590. The maximum Gasteiger partial charge on any atom is 3.00 e. The molecule has 0 aliphatic heterocycles. The van der Waals surface area contributed by atoms with Crippen LogP contribution in [0.25, 0.3) is 16.5 Å². The topological polar surface area (TPSA) is 274 Å². The third kappa shape index (κ3) is 8.43. The van der Waals surface area contributed by atoms with Gasteiger partial charge < -0.3 is 20.7 Å². The first kappa shape index (κ1) is 38.3. The second-order valence-electron chi connectivity index (χ2n) is 10.5. The van der Waals surface area contributed by atoms with E-state index in [1.54, 1.807) is 31.2 Å². The Balaban J connectivity index is 0.000000230. The summed E-state index contributed by atoms with van der Waals surface area (Å²) in [7, 11) is -4.47. The Bertz CT molecular complexity index is 2540. The van der Waals surface area contributed by atoms with Crippen molar-refractivity contribution in [2.24, 2.45) is 20.5 Å². The number of nitro benzene ring substituents is 1. The third-order valence-corrected chi connectivity index (χ3v) is 8.06. The summed E-state index contributed by atoms with van der Waals surface area (Å²) in [6.07, 6.45) is 0. The van der Waals surface area contributed by atoms with Crippen LogP contribution in [0.3, 0.4) is 0 Å². The minimum absolute atomic E-state index is 0. The molecule has 1 heterocycles. The number of carbonyl (C=O) groups excluding carboxylic acids is 1. The van der Waals surface area contributed by atoms with Gasteiger partial charge >= 0.3 is 17.4 Å². The molecule has 1 aromatic heterocycles. The van der Waals surface area contributed by atoms with E-state index in [0.717, 1.165) is 18.2 Å². The molecule has 0 unspecified atom stereocenters. The molecule has 0 spiro atoms. The Kier molecular flexibility index (Phi) is 11.8. The van der Waals surface area contributed by atoms with Crippen LogP contribution in [0.5, 0.6) is 5.75 Å². The van der Waals surface area contributed by atoms with Crippen LogP contribution < -0.4 is 21.5 Å². The molecule has 0 atom stereocenters. The van der Waals surface area contributed by atoms with Gasteiger partial charge in [-0.15, -0.1) is 15.3 Å². The zero-order valence-corrected chi connectivity index (χ0v) is 28.7. The average Bonchev–Trinajstić information content (AvgIpc) is 3.39. The van der Waals surface area contributed by atoms with Crippen molar-refractivity contribution < 1.29 is 50.3 Å². The third-order valence-electron chi connectivity index (χ3n) is 7.15. The van der Waals surface area contributed by atoms with Gasteiger partial charge in [-0.25, -0.2) is 4.68 Å². The number of fused-ring (bicyclic) bond motifs is 1. The number of aryl methyl sites for hydroxylation is 1. The summed E-state index contributed by atoms with van der Waals surface area (Å²) in [5.74, 6) is -2.05. The summed E-state index contributed by atoms with van der Waals surface area (Å²) in [5.41, 5.74) is 6.60. The molecule has 0 saturated carbocycles. The van der Waals surface area contributed by atoms with E-state index in [2.05, 4.69) is 25.6 Å². The van der Waals surface area contributed by atoms with Crippen LogP contribution in [0.4, 0.5) is 34.1 Å². The van der Waals surface area contributed by atoms with Crippen molar-refractivity contribution in [3.8, 4) is 11.4 Å². The first-order valence-corrected chi connectivity index (χ1v) is 16.0. The average molecular weight is 761 g/mol. The molecule has 0 aliphatic carbocycles. The molecule has 19 heteroatoms. The number of nitrogens with one attached hydrogen (secondary N) is 1. The van der Waals surface area contributed by atoms with Crippen molar-refractivity contribution in [3.63, 3.8) is 0 Å². The van der Waals surface area contributed by atoms with Gasteiger partial charge in [-0.05, 0) is 43.3 Å². The SMILES string of the molecule is Cc1[nH]n(-c2ccccc2)c(=O)c1N=Nc1ccccc1C(=O)[O-].Nc1ccc2c(S(=O)(=O)O)cccc2c1N=Nc1ccc([N+](=O)[O-])cc1[O-].[Cr+3]. The van der Waals surface area contributed by atoms with E-state index < -0.39 is 26.8 Å². The number of aromatic carboxylic acids is 1. The number of nitro groups is 1. The van der Waals surface area contributed by atoms with Crippen LogP contribution in [-0.4, -0.2) is 33.6 Å². The first-order valence-electron chi connectivity index (χ1n) is 14.5. The number of H-pyrrole nitrogens is 1. The fraction of sp³-hybridized carbons (Fsp3) is 0.0303. The molecule has 0 fully saturated rings. The Morgan fingerprint density at radius 3 is 2.15 bits per heavy atom. The number of hydrogen-bond donors (Lipinski definition) is 3. The second-order valence-corrected chi connectivity index (χ2v) is 11.9. The van der Waals surface area contributed by atoms with Gasteiger partial charge in [0.2, 0.25) is 0 Å². The van der Waals surface area contributed by atoms with E-state index in [9.17, 15) is 42.9 Å². The van der Waals surface area contributed by atoms with Crippen LogP contribution in [0, 0.1) is 17.0 Å². The van der Waals surface area contributed by atoms with Gasteiger partial charge in [0.1, 0.15) is 10.6 Å². The number of anilines is 1. The van der Waals surface area contributed by atoms with Gasteiger partial charge in [-0.1, -0.05) is 60.3 Å². The van der Waals surface area contributed by atoms with Gasteiger partial charge in [0.25, 0.3) is 21.4 Å². The number of nitrogen functional groups attached to an aromatic ring is 1. The molecule has 17 nitrogen and oxygen atoms in total. The van der Waals surface area contributed by atoms with Crippen molar-refractivity contribution >= 4 is 61.0 Å². The molecule has 0 aliphatic rings.